The molecule has 0 saturated heterocycles. The van der Waals surface area contributed by atoms with E-state index in [1.165, 1.54) is 18.2 Å². The first-order valence-electron chi connectivity index (χ1n) is 16.6. The van der Waals surface area contributed by atoms with Crippen LogP contribution in [0.25, 0.3) is 0 Å². The van der Waals surface area contributed by atoms with Crippen LogP contribution in [0.3, 0.4) is 0 Å². The highest BCUT2D eigenvalue weighted by atomic mass is 16.5. The normalized spacial score (nSPS) is 22.5. The van der Waals surface area contributed by atoms with E-state index in [0.29, 0.717) is 50.3 Å². The van der Waals surface area contributed by atoms with E-state index in [9.17, 15) is 40.9 Å². The van der Waals surface area contributed by atoms with Crippen LogP contribution in [0.4, 0.5) is 0 Å². The number of hydrogen-bond acceptors (Lipinski definition) is 9. The third-order valence-electron chi connectivity index (χ3n) is 10.9. The standard InChI is InChI=1S/C42H32O9/c43-22-7-1-19(2-8-22)34-36-29(14-26(47)16-31(36)49)41-38-30(15-27(48)18-33(38)51-42(41)21-5-11-24(45)12-6-21)40-35(20-3-9-23(44)10-4-20)39(34)28-13-25(46)17-32(50)37(28)40/h1-18,34-35,39-50H/t34-,35+,39+,40-,41?,42+/m1/s1. The van der Waals surface area contributed by atoms with E-state index < -0.39 is 35.7 Å². The molecule has 8 N–H and O–H groups in total. The second-order valence-electron chi connectivity index (χ2n) is 13.7. The van der Waals surface area contributed by atoms with Gasteiger partial charge in [0, 0.05) is 58.6 Å². The topological polar surface area (TPSA) is 171 Å². The minimum atomic E-state index is -0.738. The van der Waals surface area contributed by atoms with Gasteiger partial charge in [-0.3, -0.25) is 0 Å². The summed E-state index contributed by atoms with van der Waals surface area (Å²) in [6.07, 6.45) is -0.738. The van der Waals surface area contributed by atoms with Crippen LogP contribution < -0.4 is 4.74 Å². The Labute approximate surface area is 291 Å². The molecule has 6 atom stereocenters. The molecule has 0 saturated carbocycles. The molecule has 2 bridgehead atoms. The zero-order chi connectivity index (χ0) is 35.3. The van der Waals surface area contributed by atoms with E-state index >= 15 is 0 Å². The third-order valence-corrected chi connectivity index (χ3v) is 10.9. The number of ether oxygens (including phenoxy) is 1. The van der Waals surface area contributed by atoms with Crippen LogP contribution in [0.1, 0.15) is 85.8 Å². The maximum Gasteiger partial charge on any atom is 0.135 e. The maximum atomic E-state index is 12.1. The second kappa shape index (κ2) is 11.0. The van der Waals surface area contributed by atoms with Gasteiger partial charge in [-0.05, 0) is 88.0 Å². The van der Waals surface area contributed by atoms with Gasteiger partial charge in [0.1, 0.15) is 57.8 Å². The molecule has 3 aliphatic rings. The number of benzene rings is 6. The zero-order valence-corrected chi connectivity index (χ0v) is 26.8. The molecule has 9 nitrogen and oxygen atoms in total. The van der Waals surface area contributed by atoms with E-state index in [-0.39, 0.29) is 46.0 Å². The molecule has 51 heavy (non-hydrogen) atoms. The van der Waals surface area contributed by atoms with Crippen LogP contribution in [0.15, 0.2) is 109 Å². The Bertz CT molecular complexity index is 2350. The highest BCUT2D eigenvalue weighted by Gasteiger charge is 2.54. The van der Waals surface area contributed by atoms with Crippen molar-refractivity contribution in [1.29, 1.82) is 0 Å². The largest absolute Gasteiger partial charge is 0.508 e. The van der Waals surface area contributed by atoms with Crippen molar-refractivity contribution in [2.24, 2.45) is 0 Å². The summed E-state index contributed by atoms with van der Waals surface area (Å²) in [5.74, 6) is -3.37. The van der Waals surface area contributed by atoms with Crippen molar-refractivity contribution in [3.05, 3.63) is 159 Å². The van der Waals surface area contributed by atoms with Crippen LogP contribution in [-0.2, 0) is 0 Å². The average Bonchev–Trinajstić information content (AvgIpc) is 3.64. The van der Waals surface area contributed by atoms with Crippen molar-refractivity contribution in [2.75, 3.05) is 0 Å². The van der Waals surface area contributed by atoms with E-state index in [1.54, 1.807) is 78.9 Å². The lowest BCUT2D eigenvalue weighted by atomic mass is 9.68. The van der Waals surface area contributed by atoms with E-state index in [0.717, 1.165) is 5.56 Å². The molecule has 6 aromatic rings. The van der Waals surface area contributed by atoms with Crippen molar-refractivity contribution in [3.8, 4) is 51.7 Å². The highest BCUT2D eigenvalue weighted by molar-refractivity contribution is 5.70. The third kappa shape index (κ3) is 4.61. The fourth-order valence-corrected chi connectivity index (χ4v) is 9.07. The van der Waals surface area contributed by atoms with E-state index in [2.05, 4.69) is 0 Å². The fourth-order valence-electron chi connectivity index (χ4n) is 9.07. The van der Waals surface area contributed by atoms with Crippen molar-refractivity contribution < 1.29 is 45.6 Å². The predicted octanol–water partition coefficient (Wildman–Crippen LogP) is 7.76. The molecule has 6 aromatic carbocycles. The van der Waals surface area contributed by atoms with Gasteiger partial charge in [-0.1, -0.05) is 36.4 Å². The van der Waals surface area contributed by atoms with E-state index in [4.69, 9.17) is 4.74 Å². The molecule has 0 amide bonds. The van der Waals surface area contributed by atoms with Gasteiger partial charge in [0.05, 0.1) is 5.92 Å². The van der Waals surface area contributed by atoms with Gasteiger partial charge in [0.15, 0.2) is 0 Å². The Balaban J connectivity index is 1.47. The van der Waals surface area contributed by atoms with Crippen molar-refractivity contribution >= 4 is 0 Å². The zero-order valence-electron chi connectivity index (χ0n) is 26.8. The monoisotopic (exact) mass is 680 g/mol. The van der Waals surface area contributed by atoms with Gasteiger partial charge in [0.2, 0.25) is 0 Å². The molecule has 2 aliphatic carbocycles. The number of phenolic OH excluding ortho intramolecular Hbond substituents is 8. The lowest BCUT2D eigenvalue weighted by molar-refractivity contribution is 0.221. The van der Waals surface area contributed by atoms with Crippen molar-refractivity contribution in [3.63, 3.8) is 0 Å². The Kier molecular flexibility index (Phi) is 6.60. The van der Waals surface area contributed by atoms with Crippen molar-refractivity contribution in [1.82, 2.24) is 0 Å². The summed E-state index contributed by atoms with van der Waals surface area (Å²) < 4.78 is 6.71. The summed E-state index contributed by atoms with van der Waals surface area (Å²) in [6.45, 7) is 0. The molecule has 9 rings (SSSR count). The van der Waals surface area contributed by atoms with Crippen LogP contribution in [0, 0.1) is 0 Å². The molecule has 0 spiro atoms. The molecule has 1 unspecified atom stereocenters. The number of phenols is 8. The van der Waals surface area contributed by atoms with Crippen molar-refractivity contribution in [2.45, 2.75) is 35.7 Å². The first kappa shape index (κ1) is 30.6. The van der Waals surface area contributed by atoms with E-state index in [1.807, 2.05) is 12.1 Å². The summed E-state index contributed by atoms with van der Waals surface area (Å²) in [5.41, 5.74) is 5.65. The average molecular weight is 681 g/mol. The summed E-state index contributed by atoms with van der Waals surface area (Å²) >= 11 is 0. The summed E-state index contributed by atoms with van der Waals surface area (Å²) in [6, 6.07) is 29.1. The molecular formula is C42H32O9. The van der Waals surface area contributed by atoms with Crippen LogP contribution in [0.5, 0.6) is 51.7 Å². The Morgan fingerprint density at radius 3 is 1.37 bits per heavy atom. The number of rotatable bonds is 3. The Hall–Kier alpha value is -6.48. The van der Waals surface area contributed by atoms with Crippen LogP contribution >= 0.6 is 0 Å². The van der Waals surface area contributed by atoms with Gasteiger partial charge in [-0.2, -0.15) is 0 Å². The lowest BCUT2D eigenvalue weighted by Crippen LogP contribution is -2.20. The maximum absolute atomic E-state index is 12.1. The van der Waals surface area contributed by atoms with Gasteiger partial charge >= 0.3 is 0 Å². The van der Waals surface area contributed by atoms with Crippen LogP contribution in [-0.4, -0.2) is 40.9 Å². The van der Waals surface area contributed by atoms with Gasteiger partial charge in [0.25, 0.3) is 0 Å². The Morgan fingerprint density at radius 1 is 0.353 bits per heavy atom. The smallest absolute Gasteiger partial charge is 0.135 e. The minimum absolute atomic E-state index is 0.0381. The molecular weight excluding hydrogens is 648 g/mol. The summed E-state index contributed by atoms with van der Waals surface area (Å²) in [5, 5.41) is 88.2. The quantitative estimate of drug-likeness (QED) is 0.0931. The molecule has 1 aliphatic heterocycles. The lowest BCUT2D eigenvalue weighted by Gasteiger charge is -2.34. The molecule has 0 radical (unpaired) electrons. The SMILES string of the molecule is Oc1ccc([C@@H]2c3c(O)cc(O)cc3C3c4c(cc(O)cc4[C@H]4c5c(O)cc(O)cc5[C@@H]2[C@@H]4c2ccc(O)cc2)O[C@H]3c2ccc(O)cc2)cc1. The number of hydrogen-bond donors (Lipinski definition) is 8. The summed E-state index contributed by atoms with van der Waals surface area (Å²) in [4.78, 5) is 0. The van der Waals surface area contributed by atoms with Gasteiger partial charge in [-0.25, -0.2) is 0 Å². The molecule has 0 fully saturated rings. The Morgan fingerprint density at radius 2 is 0.804 bits per heavy atom. The minimum Gasteiger partial charge on any atom is -0.508 e. The summed E-state index contributed by atoms with van der Waals surface area (Å²) in [7, 11) is 0. The fraction of sp³-hybridized carbons (Fsp3) is 0.143. The molecule has 1 heterocycles. The van der Waals surface area contributed by atoms with Gasteiger partial charge < -0.3 is 45.6 Å². The second-order valence-corrected chi connectivity index (χ2v) is 13.7. The first-order valence-corrected chi connectivity index (χ1v) is 16.6. The number of aromatic hydroxyl groups is 8. The number of fused-ring (bicyclic) bond motifs is 8. The molecule has 0 aromatic heterocycles. The first-order chi connectivity index (χ1) is 24.6. The predicted molar refractivity (Wildman–Crippen MR) is 186 cm³/mol. The van der Waals surface area contributed by atoms with Gasteiger partial charge in [-0.15, -0.1) is 0 Å². The highest BCUT2D eigenvalue weighted by Crippen LogP contribution is 2.68. The molecule has 254 valence electrons. The van der Waals surface area contributed by atoms with Crippen LogP contribution in [0.2, 0.25) is 0 Å². The molecule has 9 heteroatoms.